The smallest absolute Gasteiger partial charge is 0.319 e. The summed E-state index contributed by atoms with van der Waals surface area (Å²) in [6, 6.07) is 3.59. The van der Waals surface area contributed by atoms with Gasteiger partial charge in [-0.05, 0) is 12.1 Å². The average Bonchev–Trinajstić information content (AvgIpc) is 2.87. The molecule has 86 valence electrons. The van der Waals surface area contributed by atoms with Crippen molar-refractivity contribution in [2.24, 2.45) is 0 Å². The SMILES string of the molecule is FC(F)n1ccnc1CNCc1ccco1. The molecule has 4 nitrogen and oxygen atoms in total. The Morgan fingerprint density at radius 3 is 3.00 bits per heavy atom. The van der Waals surface area contributed by atoms with E-state index in [1.807, 2.05) is 6.07 Å². The zero-order valence-electron chi connectivity index (χ0n) is 8.44. The highest BCUT2D eigenvalue weighted by Crippen LogP contribution is 2.12. The number of nitrogens with one attached hydrogen (secondary N) is 1. The second-order valence-corrected chi connectivity index (χ2v) is 3.21. The molecule has 2 aromatic rings. The number of halogens is 2. The maximum atomic E-state index is 12.4. The Balaban J connectivity index is 1.87. The minimum absolute atomic E-state index is 0.276. The zero-order chi connectivity index (χ0) is 11.4. The fraction of sp³-hybridized carbons (Fsp3) is 0.300. The highest BCUT2D eigenvalue weighted by Gasteiger charge is 2.10. The van der Waals surface area contributed by atoms with Crippen LogP contribution in [0, 0.1) is 0 Å². The summed E-state index contributed by atoms with van der Waals surface area (Å²) >= 11 is 0. The van der Waals surface area contributed by atoms with Crippen LogP contribution in [0.5, 0.6) is 0 Å². The number of rotatable bonds is 5. The van der Waals surface area contributed by atoms with Gasteiger partial charge in [0.05, 0.1) is 19.4 Å². The number of alkyl halides is 2. The van der Waals surface area contributed by atoms with E-state index in [-0.39, 0.29) is 6.54 Å². The molecule has 1 N–H and O–H groups in total. The molecule has 0 amide bonds. The topological polar surface area (TPSA) is 43.0 Å². The molecular formula is C10H11F2N3O. The molecular weight excluding hydrogens is 216 g/mol. The lowest BCUT2D eigenvalue weighted by Crippen LogP contribution is -2.16. The number of furan rings is 1. The van der Waals surface area contributed by atoms with Crippen molar-refractivity contribution in [1.82, 2.24) is 14.9 Å². The van der Waals surface area contributed by atoms with E-state index in [0.29, 0.717) is 12.4 Å². The van der Waals surface area contributed by atoms with Crippen LogP contribution in [-0.4, -0.2) is 9.55 Å². The minimum atomic E-state index is -2.55. The summed E-state index contributed by atoms with van der Waals surface area (Å²) in [5, 5.41) is 2.98. The van der Waals surface area contributed by atoms with Gasteiger partial charge in [-0.25, -0.2) is 4.98 Å². The van der Waals surface area contributed by atoms with Crippen LogP contribution in [0.1, 0.15) is 18.1 Å². The molecule has 2 aromatic heterocycles. The molecule has 0 aliphatic heterocycles. The van der Waals surface area contributed by atoms with E-state index in [1.165, 1.54) is 12.4 Å². The van der Waals surface area contributed by atoms with Gasteiger partial charge in [0.25, 0.3) is 0 Å². The van der Waals surface area contributed by atoms with E-state index in [2.05, 4.69) is 10.3 Å². The first-order valence-corrected chi connectivity index (χ1v) is 4.80. The molecule has 0 aliphatic carbocycles. The third kappa shape index (κ3) is 2.46. The molecule has 0 fully saturated rings. The Kier molecular flexibility index (Phi) is 3.31. The highest BCUT2D eigenvalue weighted by atomic mass is 19.3. The number of nitrogens with zero attached hydrogens (tertiary/aromatic N) is 2. The largest absolute Gasteiger partial charge is 0.468 e. The molecule has 0 atom stereocenters. The van der Waals surface area contributed by atoms with Gasteiger partial charge in [0.15, 0.2) is 0 Å². The van der Waals surface area contributed by atoms with Gasteiger partial charge < -0.3 is 9.73 Å². The van der Waals surface area contributed by atoms with Crippen LogP contribution in [0.25, 0.3) is 0 Å². The summed E-state index contributed by atoms with van der Waals surface area (Å²) in [4.78, 5) is 3.85. The fourth-order valence-corrected chi connectivity index (χ4v) is 1.37. The Bertz CT molecular complexity index is 425. The van der Waals surface area contributed by atoms with Crippen molar-refractivity contribution in [3.05, 3.63) is 42.4 Å². The second kappa shape index (κ2) is 4.89. The zero-order valence-corrected chi connectivity index (χ0v) is 8.44. The molecule has 0 spiro atoms. The van der Waals surface area contributed by atoms with Crippen LogP contribution in [0.4, 0.5) is 8.78 Å². The van der Waals surface area contributed by atoms with E-state index >= 15 is 0 Å². The lowest BCUT2D eigenvalue weighted by atomic mass is 10.4. The molecule has 0 saturated carbocycles. The Morgan fingerprint density at radius 2 is 2.31 bits per heavy atom. The molecule has 0 aromatic carbocycles. The standard InChI is InChI=1S/C10H11F2N3O/c11-10(12)15-4-3-14-9(15)7-13-6-8-2-1-5-16-8/h1-5,10,13H,6-7H2. The van der Waals surface area contributed by atoms with E-state index in [4.69, 9.17) is 4.42 Å². The molecule has 0 bridgehead atoms. The summed E-state index contributed by atoms with van der Waals surface area (Å²) in [6.45, 7) is -1.79. The van der Waals surface area contributed by atoms with E-state index in [9.17, 15) is 8.78 Å². The Morgan fingerprint density at radius 1 is 1.44 bits per heavy atom. The highest BCUT2D eigenvalue weighted by molar-refractivity contribution is 4.98. The summed E-state index contributed by atoms with van der Waals surface area (Å²) < 4.78 is 30.8. The van der Waals surface area contributed by atoms with Gasteiger partial charge in [0.2, 0.25) is 0 Å². The third-order valence-electron chi connectivity index (χ3n) is 2.12. The summed E-state index contributed by atoms with van der Waals surface area (Å²) in [5.41, 5.74) is 0. The van der Waals surface area contributed by atoms with Crippen LogP contribution < -0.4 is 5.32 Å². The maximum absolute atomic E-state index is 12.4. The van der Waals surface area contributed by atoms with Gasteiger partial charge in [0.1, 0.15) is 11.6 Å². The second-order valence-electron chi connectivity index (χ2n) is 3.21. The molecule has 2 rings (SSSR count). The summed E-state index contributed by atoms with van der Waals surface area (Å²) in [6.07, 6.45) is 4.18. The maximum Gasteiger partial charge on any atom is 0.319 e. The molecule has 16 heavy (non-hydrogen) atoms. The third-order valence-corrected chi connectivity index (χ3v) is 2.12. The van der Waals surface area contributed by atoms with Crippen molar-refractivity contribution < 1.29 is 13.2 Å². The predicted octanol–water partition coefficient (Wildman–Crippen LogP) is 2.16. The van der Waals surface area contributed by atoms with E-state index in [0.717, 1.165) is 10.3 Å². The van der Waals surface area contributed by atoms with E-state index in [1.54, 1.807) is 12.3 Å². The van der Waals surface area contributed by atoms with Crippen molar-refractivity contribution in [1.29, 1.82) is 0 Å². The molecule has 0 unspecified atom stereocenters. The summed E-state index contributed by atoms with van der Waals surface area (Å²) in [5.74, 6) is 1.07. The Hall–Kier alpha value is -1.69. The van der Waals surface area contributed by atoms with Crippen molar-refractivity contribution in [2.45, 2.75) is 19.6 Å². The minimum Gasteiger partial charge on any atom is -0.468 e. The molecule has 0 saturated heterocycles. The lowest BCUT2D eigenvalue weighted by molar-refractivity contribution is 0.0666. The number of imidazole rings is 1. The molecule has 6 heteroatoms. The lowest BCUT2D eigenvalue weighted by Gasteiger charge is -2.06. The summed E-state index contributed by atoms with van der Waals surface area (Å²) in [7, 11) is 0. The average molecular weight is 227 g/mol. The van der Waals surface area contributed by atoms with E-state index < -0.39 is 6.55 Å². The fourth-order valence-electron chi connectivity index (χ4n) is 1.37. The first-order valence-electron chi connectivity index (χ1n) is 4.80. The normalized spacial score (nSPS) is 11.2. The van der Waals surface area contributed by atoms with Gasteiger partial charge >= 0.3 is 6.55 Å². The van der Waals surface area contributed by atoms with Gasteiger partial charge in [-0.15, -0.1) is 0 Å². The number of hydrogen-bond acceptors (Lipinski definition) is 3. The predicted molar refractivity (Wildman–Crippen MR) is 52.7 cm³/mol. The van der Waals surface area contributed by atoms with Gasteiger partial charge in [-0.3, -0.25) is 4.57 Å². The van der Waals surface area contributed by atoms with Crippen LogP contribution in [0.15, 0.2) is 35.2 Å². The van der Waals surface area contributed by atoms with Crippen LogP contribution in [0.2, 0.25) is 0 Å². The van der Waals surface area contributed by atoms with Crippen molar-refractivity contribution in [3.8, 4) is 0 Å². The molecule has 0 aliphatic rings. The van der Waals surface area contributed by atoms with Crippen LogP contribution in [-0.2, 0) is 13.1 Å². The molecule has 0 radical (unpaired) electrons. The van der Waals surface area contributed by atoms with Crippen LogP contribution >= 0.6 is 0 Å². The number of aromatic nitrogens is 2. The van der Waals surface area contributed by atoms with Gasteiger partial charge in [0, 0.05) is 12.4 Å². The van der Waals surface area contributed by atoms with Crippen LogP contribution in [0.3, 0.4) is 0 Å². The van der Waals surface area contributed by atoms with Gasteiger partial charge in [-0.2, -0.15) is 8.78 Å². The van der Waals surface area contributed by atoms with Gasteiger partial charge in [-0.1, -0.05) is 0 Å². The number of hydrogen-bond donors (Lipinski definition) is 1. The first-order chi connectivity index (χ1) is 7.77. The quantitative estimate of drug-likeness (QED) is 0.851. The monoisotopic (exact) mass is 227 g/mol. The Labute approximate surface area is 90.9 Å². The molecule has 2 heterocycles. The van der Waals surface area contributed by atoms with Crippen molar-refractivity contribution >= 4 is 0 Å². The van der Waals surface area contributed by atoms with Crippen molar-refractivity contribution in [2.75, 3.05) is 0 Å². The first kappa shape index (κ1) is 10.8. The van der Waals surface area contributed by atoms with Crippen molar-refractivity contribution in [3.63, 3.8) is 0 Å².